The predicted molar refractivity (Wildman–Crippen MR) is 126 cm³/mol. The molecule has 0 spiro atoms. The van der Waals surface area contributed by atoms with Crippen LogP contribution < -0.4 is 10.2 Å². The number of hydrogen-bond donors (Lipinski definition) is 1. The normalized spacial score (nSPS) is 15.7. The number of benzene rings is 2. The molecule has 1 atom stereocenters. The molecule has 7 nitrogen and oxygen atoms in total. The highest BCUT2D eigenvalue weighted by atomic mass is 32.2. The number of aromatic nitrogens is 2. The molecule has 3 heterocycles. The molecular weight excluding hydrogens is 424 g/mol. The number of amides is 2. The maximum absolute atomic E-state index is 13.0. The quantitative estimate of drug-likeness (QED) is 0.507. The Bertz CT molecular complexity index is 1260. The van der Waals surface area contributed by atoms with Crippen LogP contribution in [0.5, 0.6) is 0 Å². The van der Waals surface area contributed by atoms with Crippen molar-refractivity contribution in [2.75, 3.05) is 17.7 Å². The van der Waals surface area contributed by atoms with E-state index in [0.29, 0.717) is 12.3 Å². The van der Waals surface area contributed by atoms with Gasteiger partial charge in [-0.1, -0.05) is 37.8 Å². The van der Waals surface area contributed by atoms with Gasteiger partial charge in [0.15, 0.2) is 0 Å². The standard InChI is InChI=1S/C23H20N4O3S.CH4/c1-26-19-9-16-7-8-30-20(16)10-21(19)31-13-18(23(26)29)25-22(28)17-12-27(14-24-17)11-15-5-3-2-4-6-15;/h2-10,12,14,18H,11,13H2,1H3,(H,25,28);1H4/t18-;/m0./s1. The monoisotopic (exact) mass is 448 g/mol. The van der Waals surface area contributed by atoms with Crippen molar-refractivity contribution in [3.05, 3.63) is 78.6 Å². The van der Waals surface area contributed by atoms with Crippen molar-refractivity contribution >= 4 is 40.2 Å². The van der Waals surface area contributed by atoms with Crippen molar-refractivity contribution in [3.8, 4) is 0 Å². The van der Waals surface area contributed by atoms with Gasteiger partial charge in [-0.25, -0.2) is 4.98 Å². The molecule has 8 heteroatoms. The minimum Gasteiger partial charge on any atom is -0.464 e. The summed E-state index contributed by atoms with van der Waals surface area (Å²) in [6, 6.07) is 15.0. The Kier molecular flexibility index (Phi) is 6.05. The molecule has 0 aliphatic carbocycles. The molecule has 0 fully saturated rings. The van der Waals surface area contributed by atoms with Crippen LogP contribution in [0.3, 0.4) is 0 Å². The van der Waals surface area contributed by atoms with Crippen LogP contribution in [0.1, 0.15) is 23.5 Å². The van der Waals surface area contributed by atoms with Crippen molar-refractivity contribution < 1.29 is 14.0 Å². The summed E-state index contributed by atoms with van der Waals surface area (Å²) in [5.41, 5.74) is 2.99. The zero-order valence-electron chi connectivity index (χ0n) is 16.8. The number of nitrogens with one attached hydrogen (secondary N) is 1. The van der Waals surface area contributed by atoms with E-state index in [1.807, 2.05) is 53.1 Å². The summed E-state index contributed by atoms with van der Waals surface area (Å²) in [6.07, 6.45) is 4.96. The van der Waals surface area contributed by atoms with Crippen molar-refractivity contribution in [1.82, 2.24) is 14.9 Å². The molecule has 32 heavy (non-hydrogen) atoms. The van der Waals surface area contributed by atoms with Crippen molar-refractivity contribution in [3.63, 3.8) is 0 Å². The predicted octanol–water partition coefficient (Wildman–Crippen LogP) is 4.18. The van der Waals surface area contributed by atoms with E-state index in [1.54, 1.807) is 30.7 Å². The first-order valence-corrected chi connectivity index (χ1v) is 10.9. The third-order valence-corrected chi connectivity index (χ3v) is 6.45. The van der Waals surface area contributed by atoms with Gasteiger partial charge in [0.05, 0.1) is 18.3 Å². The molecular formula is C24H24N4O3S. The molecule has 2 aromatic carbocycles. The summed E-state index contributed by atoms with van der Waals surface area (Å²) in [4.78, 5) is 32.6. The lowest BCUT2D eigenvalue weighted by Gasteiger charge is -2.21. The number of nitrogens with zero attached hydrogens (tertiary/aromatic N) is 3. The first-order valence-electron chi connectivity index (χ1n) is 9.86. The Morgan fingerprint density at radius 3 is 2.88 bits per heavy atom. The smallest absolute Gasteiger partial charge is 0.272 e. The van der Waals surface area contributed by atoms with Gasteiger partial charge in [-0.05, 0) is 23.8 Å². The average molecular weight is 449 g/mol. The minimum atomic E-state index is -0.652. The van der Waals surface area contributed by atoms with Crippen molar-refractivity contribution in [2.45, 2.75) is 24.9 Å². The molecule has 0 unspecified atom stereocenters. The second-order valence-electron chi connectivity index (χ2n) is 7.43. The Morgan fingerprint density at radius 2 is 2.06 bits per heavy atom. The highest BCUT2D eigenvalue weighted by molar-refractivity contribution is 7.99. The van der Waals surface area contributed by atoms with Crippen molar-refractivity contribution in [2.24, 2.45) is 0 Å². The second-order valence-corrected chi connectivity index (χ2v) is 8.49. The van der Waals surface area contributed by atoms with Crippen LogP contribution in [0.15, 0.2) is 76.6 Å². The number of hydrogen-bond acceptors (Lipinski definition) is 5. The Balaban J connectivity index is 0.00000245. The van der Waals surface area contributed by atoms with Gasteiger partial charge in [0.1, 0.15) is 17.3 Å². The average Bonchev–Trinajstić information content (AvgIpc) is 3.42. The van der Waals surface area contributed by atoms with Crippen LogP contribution in [0.2, 0.25) is 0 Å². The number of imidazole rings is 1. The first kappa shape index (κ1) is 21.7. The van der Waals surface area contributed by atoms with E-state index in [1.165, 1.54) is 11.8 Å². The highest BCUT2D eigenvalue weighted by Gasteiger charge is 2.31. The van der Waals surface area contributed by atoms with Crippen LogP contribution in [-0.4, -0.2) is 40.2 Å². The number of fused-ring (bicyclic) bond motifs is 2. The topological polar surface area (TPSA) is 80.4 Å². The maximum atomic E-state index is 13.0. The van der Waals surface area contributed by atoms with Crippen molar-refractivity contribution in [1.29, 1.82) is 0 Å². The van der Waals surface area contributed by atoms with E-state index in [4.69, 9.17) is 4.42 Å². The number of thioether (sulfide) groups is 1. The molecule has 1 aliphatic rings. The third kappa shape index (κ3) is 4.13. The molecule has 1 aliphatic heterocycles. The number of carbonyl (C=O) groups is 2. The molecule has 2 aromatic heterocycles. The lowest BCUT2D eigenvalue weighted by molar-refractivity contribution is -0.119. The Morgan fingerprint density at radius 1 is 1.25 bits per heavy atom. The number of furan rings is 1. The largest absolute Gasteiger partial charge is 0.464 e. The van der Waals surface area contributed by atoms with Gasteiger partial charge in [0.2, 0.25) is 5.91 Å². The molecule has 5 rings (SSSR count). The fourth-order valence-corrected chi connectivity index (χ4v) is 4.75. The van der Waals surface area contributed by atoms with Gasteiger partial charge in [-0.3, -0.25) is 9.59 Å². The fraction of sp³-hybridized carbons (Fsp3) is 0.208. The van der Waals surface area contributed by atoms with Crippen LogP contribution in [0.25, 0.3) is 11.0 Å². The minimum absolute atomic E-state index is 0. The fourth-order valence-electron chi connectivity index (χ4n) is 3.65. The molecule has 0 saturated carbocycles. The molecule has 4 aromatic rings. The van der Waals surface area contributed by atoms with Gasteiger partial charge in [-0.15, -0.1) is 11.8 Å². The molecule has 2 amide bonds. The Labute approximate surface area is 190 Å². The SMILES string of the molecule is C.CN1C(=O)[C@@H](NC(=O)c2cn(Cc3ccccc3)cn2)CSc2cc3occc3cc21. The lowest BCUT2D eigenvalue weighted by Crippen LogP contribution is -2.48. The van der Waals surface area contributed by atoms with E-state index in [0.717, 1.165) is 27.1 Å². The maximum Gasteiger partial charge on any atom is 0.272 e. The van der Waals surface area contributed by atoms with Gasteiger partial charge in [-0.2, -0.15) is 0 Å². The Hall–Kier alpha value is -3.52. The molecule has 1 N–H and O–H groups in total. The van der Waals surface area contributed by atoms with Crippen LogP contribution in [0.4, 0.5) is 5.69 Å². The third-order valence-electron chi connectivity index (χ3n) is 5.31. The van der Waals surface area contributed by atoms with E-state index >= 15 is 0 Å². The van der Waals surface area contributed by atoms with Gasteiger partial charge < -0.3 is 19.2 Å². The number of rotatable bonds is 4. The first-order chi connectivity index (χ1) is 15.1. The summed E-state index contributed by atoms with van der Waals surface area (Å²) in [5.74, 6) is -0.0937. The summed E-state index contributed by atoms with van der Waals surface area (Å²) >= 11 is 1.52. The van der Waals surface area contributed by atoms with Gasteiger partial charge in [0.25, 0.3) is 5.91 Å². The number of carbonyl (C=O) groups excluding carboxylic acids is 2. The summed E-state index contributed by atoms with van der Waals surface area (Å²) in [5, 5.41) is 3.79. The van der Waals surface area contributed by atoms with E-state index in [2.05, 4.69) is 10.3 Å². The lowest BCUT2D eigenvalue weighted by atomic mass is 10.2. The highest BCUT2D eigenvalue weighted by Crippen LogP contribution is 2.37. The summed E-state index contributed by atoms with van der Waals surface area (Å²) in [6.45, 7) is 0.624. The molecule has 0 radical (unpaired) electrons. The summed E-state index contributed by atoms with van der Waals surface area (Å²) < 4.78 is 7.34. The van der Waals surface area contributed by atoms with Crippen LogP contribution >= 0.6 is 11.8 Å². The molecule has 0 saturated heterocycles. The zero-order valence-corrected chi connectivity index (χ0v) is 17.6. The summed E-state index contributed by atoms with van der Waals surface area (Å²) in [7, 11) is 1.73. The van der Waals surface area contributed by atoms with Gasteiger partial charge in [0, 0.05) is 35.8 Å². The van der Waals surface area contributed by atoms with E-state index < -0.39 is 6.04 Å². The second kappa shape index (κ2) is 8.92. The molecule has 0 bridgehead atoms. The van der Waals surface area contributed by atoms with Crippen LogP contribution in [-0.2, 0) is 11.3 Å². The van der Waals surface area contributed by atoms with E-state index in [-0.39, 0.29) is 24.9 Å². The zero-order chi connectivity index (χ0) is 21.4. The van der Waals surface area contributed by atoms with E-state index in [9.17, 15) is 9.59 Å². The van der Waals surface area contributed by atoms with Crippen LogP contribution in [0, 0.1) is 0 Å². The molecule has 164 valence electrons. The number of anilines is 1. The van der Waals surface area contributed by atoms with Gasteiger partial charge >= 0.3 is 0 Å². The number of likely N-dealkylation sites (N-methyl/N-ethyl adjacent to an activating group) is 1.